The molecule has 0 unspecified atom stereocenters. The van der Waals surface area contributed by atoms with Crippen LogP contribution >= 0.6 is 0 Å². The van der Waals surface area contributed by atoms with E-state index >= 15 is 0 Å². The number of aliphatic hydroxyl groups excluding tert-OH is 1. The van der Waals surface area contributed by atoms with E-state index in [0.29, 0.717) is 11.6 Å². The van der Waals surface area contributed by atoms with Crippen molar-refractivity contribution in [2.75, 3.05) is 34.8 Å². The van der Waals surface area contributed by atoms with Crippen LogP contribution in [0.15, 0.2) is 36.5 Å². The number of nitrogens with one attached hydrogen (secondary N) is 2. The molecule has 0 radical (unpaired) electrons. The number of carbonyl (C=O) groups is 2. The minimum atomic E-state index is -0.649. The van der Waals surface area contributed by atoms with E-state index in [1.807, 2.05) is 6.07 Å². The fourth-order valence-corrected chi connectivity index (χ4v) is 3.54. The van der Waals surface area contributed by atoms with E-state index in [4.69, 9.17) is 0 Å². The lowest BCUT2D eigenvalue weighted by Gasteiger charge is -2.35. The molecule has 1 saturated heterocycles. The van der Waals surface area contributed by atoms with Gasteiger partial charge in [0.2, 0.25) is 0 Å². The van der Waals surface area contributed by atoms with Crippen LogP contribution in [0.25, 0.3) is 0 Å². The summed E-state index contributed by atoms with van der Waals surface area (Å²) in [7, 11) is 0. The van der Waals surface area contributed by atoms with E-state index in [1.54, 1.807) is 42.3 Å². The van der Waals surface area contributed by atoms with Gasteiger partial charge in [-0.05, 0) is 37.6 Å². The van der Waals surface area contributed by atoms with Gasteiger partial charge in [-0.15, -0.1) is 0 Å². The second-order valence-corrected chi connectivity index (χ2v) is 7.00. The Bertz CT molecular complexity index is 888. The zero-order valence-corrected chi connectivity index (χ0v) is 15.5. The molecule has 3 N–H and O–H groups in total. The molecule has 9 nitrogen and oxygen atoms in total. The van der Waals surface area contributed by atoms with Gasteiger partial charge in [0.15, 0.2) is 5.82 Å². The van der Waals surface area contributed by atoms with Crippen LogP contribution in [0.1, 0.15) is 23.8 Å². The fourth-order valence-electron chi connectivity index (χ4n) is 3.54. The summed E-state index contributed by atoms with van der Waals surface area (Å²) in [5.41, 5.74) is 1.04. The first-order valence-electron chi connectivity index (χ1n) is 9.26. The molecule has 9 heteroatoms. The number of amides is 3. The Morgan fingerprint density at radius 2 is 2.18 bits per heavy atom. The molecule has 0 aromatic carbocycles. The summed E-state index contributed by atoms with van der Waals surface area (Å²) in [6, 6.07) is 8.43. The normalized spacial score (nSPS) is 18.4. The summed E-state index contributed by atoms with van der Waals surface area (Å²) >= 11 is 0. The standard InChI is InChI=1S/C19H22N6O3/c1-12(26)10-21-18(27)14-5-6-15-17(22-14)25(13-7-9-24(15)11-13)19(28)23-16-4-2-3-8-20-16/h2-6,8,12-13,26H,7,9-11H2,1H3,(H,21,27)(H,20,23,28)/t12-,13+/m1/s1. The van der Waals surface area contributed by atoms with E-state index in [2.05, 4.69) is 25.5 Å². The van der Waals surface area contributed by atoms with Crippen LogP contribution < -0.4 is 20.4 Å². The largest absolute Gasteiger partial charge is 0.392 e. The van der Waals surface area contributed by atoms with Crippen molar-refractivity contribution in [3.8, 4) is 0 Å². The molecule has 2 aromatic heterocycles. The summed E-state index contributed by atoms with van der Waals surface area (Å²) < 4.78 is 0. The molecule has 0 saturated carbocycles. The molecule has 146 valence electrons. The third-order valence-corrected chi connectivity index (χ3v) is 4.86. The number of urea groups is 1. The molecular weight excluding hydrogens is 360 g/mol. The minimum absolute atomic E-state index is 0.0144. The number of pyridine rings is 2. The van der Waals surface area contributed by atoms with Crippen LogP contribution in [0.2, 0.25) is 0 Å². The van der Waals surface area contributed by atoms with E-state index in [9.17, 15) is 14.7 Å². The number of rotatable bonds is 4. The van der Waals surface area contributed by atoms with Gasteiger partial charge in [0.05, 0.1) is 17.8 Å². The number of aromatic nitrogens is 2. The lowest BCUT2D eigenvalue weighted by molar-refractivity contribution is 0.0919. The van der Waals surface area contributed by atoms with Gasteiger partial charge in [0, 0.05) is 25.8 Å². The molecule has 2 atom stereocenters. The number of hydrogen-bond acceptors (Lipinski definition) is 6. The Hall–Kier alpha value is -3.20. The quantitative estimate of drug-likeness (QED) is 0.733. The first kappa shape index (κ1) is 18.2. The Morgan fingerprint density at radius 3 is 2.93 bits per heavy atom. The van der Waals surface area contributed by atoms with Crippen LogP contribution in [0, 0.1) is 0 Å². The number of hydrogen-bond donors (Lipinski definition) is 3. The van der Waals surface area contributed by atoms with Gasteiger partial charge >= 0.3 is 6.03 Å². The Balaban J connectivity index is 1.63. The van der Waals surface area contributed by atoms with Crippen molar-refractivity contribution < 1.29 is 14.7 Å². The molecule has 1 fully saturated rings. The van der Waals surface area contributed by atoms with Crippen LogP contribution in [0.5, 0.6) is 0 Å². The highest BCUT2D eigenvalue weighted by Crippen LogP contribution is 2.39. The average Bonchev–Trinajstić information content (AvgIpc) is 3.11. The number of nitrogens with zero attached hydrogens (tertiary/aromatic N) is 4. The SMILES string of the molecule is C[C@@H](O)CNC(=O)c1ccc2c(n1)N(C(=O)Nc1ccccn1)[C@H]1CCN2C1. The molecule has 4 heterocycles. The molecule has 2 aliphatic rings. The van der Waals surface area contributed by atoms with Gasteiger partial charge in [-0.1, -0.05) is 6.07 Å². The second kappa shape index (κ2) is 7.43. The zero-order chi connectivity index (χ0) is 19.7. The van der Waals surface area contributed by atoms with Crippen molar-refractivity contribution in [3.05, 3.63) is 42.2 Å². The van der Waals surface area contributed by atoms with Crippen molar-refractivity contribution >= 4 is 29.3 Å². The van der Waals surface area contributed by atoms with Crippen LogP contribution in [0.3, 0.4) is 0 Å². The lowest BCUT2D eigenvalue weighted by Crippen LogP contribution is -2.48. The van der Waals surface area contributed by atoms with Crippen molar-refractivity contribution in [3.63, 3.8) is 0 Å². The van der Waals surface area contributed by atoms with E-state index < -0.39 is 6.10 Å². The molecule has 2 aromatic rings. The van der Waals surface area contributed by atoms with Gasteiger partial charge in [0.1, 0.15) is 11.5 Å². The molecule has 28 heavy (non-hydrogen) atoms. The predicted molar refractivity (Wildman–Crippen MR) is 105 cm³/mol. The number of carbonyl (C=O) groups excluding carboxylic acids is 2. The average molecular weight is 382 g/mol. The van der Waals surface area contributed by atoms with Crippen molar-refractivity contribution in [1.29, 1.82) is 0 Å². The van der Waals surface area contributed by atoms with E-state index in [-0.39, 0.29) is 30.2 Å². The molecule has 4 rings (SSSR count). The monoisotopic (exact) mass is 382 g/mol. The second-order valence-electron chi connectivity index (χ2n) is 7.00. The van der Waals surface area contributed by atoms with Gasteiger partial charge in [-0.2, -0.15) is 0 Å². The molecule has 0 aliphatic carbocycles. The molecule has 3 amide bonds. The maximum atomic E-state index is 13.0. The van der Waals surface area contributed by atoms with E-state index in [1.165, 1.54) is 0 Å². The number of anilines is 3. The summed E-state index contributed by atoms with van der Waals surface area (Å²) in [5, 5.41) is 14.8. The van der Waals surface area contributed by atoms with Crippen molar-refractivity contribution in [2.24, 2.45) is 0 Å². The van der Waals surface area contributed by atoms with Crippen molar-refractivity contribution in [2.45, 2.75) is 25.5 Å². The topological polar surface area (TPSA) is 111 Å². The summed E-state index contributed by atoms with van der Waals surface area (Å²) in [6.07, 6.45) is 1.79. The first-order valence-corrected chi connectivity index (χ1v) is 9.26. The zero-order valence-electron chi connectivity index (χ0n) is 15.5. The highest BCUT2D eigenvalue weighted by molar-refractivity contribution is 6.05. The van der Waals surface area contributed by atoms with E-state index in [0.717, 1.165) is 25.2 Å². The Labute approximate surface area is 162 Å². The van der Waals surface area contributed by atoms with Crippen LogP contribution in [0.4, 0.5) is 22.1 Å². The lowest BCUT2D eigenvalue weighted by atomic mass is 10.1. The third-order valence-electron chi connectivity index (χ3n) is 4.86. The van der Waals surface area contributed by atoms with Gasteiger partial charge < -0.3 is 15.3 Å². The van der Waals surface area contributed by atoms with Gasteiger partial charge in [-0.3, -0.25) is 15.0 Å². The number of fused-ring (bicyclic) bond motifs is 4. The maximum Gasteiger partial charge on any atom is 0.329 e. The van der Waals surface area contributed by atoms with Gasteiger partial charge in [0.25, 0.3) is 5.91 Å². The molecule has 2 aliphatic heterocycles. The molecular formula is C19H22N6O3. The Morgan fingerprint density at radius 1 is 1.32 bits per heavy atom. The maximum absolute atomic E-state index is 13.0. The number of aliphatic hydroxyl groups is 1. The summed E-state index contributed by atoms with van der Waals surface area (Å²) in [5.74, 6) is 0.536. The summed E-state index contributed by atoms with van der Waals surface area (Å²) in [6.45, 7) is 3.30. The van der Waals surface area contributed by atoms with Crippen molar-refractivity contribution in [1.82, 2.24) is 15.3 Å². The van der Waals surface area contributed by atoms with Crippen LogP contribution in [-0.2, 0) is 0 Å². The van der Waals surface area contributed by atoms with Crippen LogP contribution in [-0.4, -0.2) is 58.8 Å². The van der Waals surface area contributed by atoms with Gasteiger partial charge in [-0.25, -0.2) is 14.8 Å². The molecule has 2 bridgehead atoms. The highest BCUT2D eigenvalue weighted by atomic mass is 16.3. The molecule has 0 spiro atoms. The Kier molecular flexibility index (Phi) is 4.82. The smallest absolute Gasteiger partial charge is 0.329 e. The predicted octanol–water partition coefficient (Wildman–Crippen LogP) is 1.22. The summed E-state index contributed by atoms with van der Waals surface area (Å²) in [4.78, 5) is 37.8. The fraction of sp³-hybridized carbons (Fsp3) is 0.368. The minimum Gasteiger partial charge on any atom is -0.392 e. The first-order chi connectivity index (χ1) is 13.5. The third kappa shape index (κ3) is 3.48. The highest BCUT2D eigenvalue weighted by Gasteiger charge is 2.40.